The Balaban J connectivity index is 4.78. The predicted octanol–water partition coefficient (Wildman–Crippen LogP) is 1.32. The van der Waals surface area contributed by atoms with Crippen LogP contribution in [0.3, 0.4) is 0 Å². The lowest BCUT2D eigenvalue weighted by molar-refractivity contribution is -0.231. The second kappa shape index (κ2) is 6.86. The molecule has 0 aliphatic rings. The van der Waals surface area contributed by atoms with Crippen molar-refractivity contribution in [1.29, 1.82) is 0 Å². The first-order valence-electron chi connectivity index (χ1n) is 6.46. The highest BCUT2D eigenvalue weighted by Gasteiger charge is 2.42. The van der Waals surface area contributed by atoms with Crippen LogP contribution in [0.4, 0.5) is 0 Å². The van der Waals surface area contributed by atoms with Gasteiger partial charge in [-0.25, -0.2) is 0 Å². The number of amides is 1. The van der Waals surface area contributed by atoms with Crippen LogP contribution in [0.25, 0.3) is 0 Å². The second-order valence-corrected chi connectivity index (χ2v) is 5.72. The zero-order valence-corrected chi connectivity index (χ0v) is 12.7. The molecule has 0 rings (SSSR count). The van der Waals surface area contributed by atoms with E-state index in [0.29, 0.717) is 6.54 Å². The zero-order valence-electron chi connectivity index (χ0n) is 12.7. The van der Waals surface area contributed by atoms with Gasteiger partial charge in [-0.15, -0.1) is 0 Å². The van der Waals surface area contributed by atoms with E-state index in [2.05, 4.69) is 5.32 Å². The molecule has 1 amide bonds. The summed E-state index contributed by atoms with van der Waals surface area (Å²) in [6, 6.07) is 0. The number of nitrogens with one attached hydrogen (secondary N) is 1. The second-order valence-electron chi connectivity index (χ2n) is 5.72. The summed E-state index contributed by atoms with van der Waals surface area (Å²) < 4.78 is 4.91. The number of ether oxygens (including phenoxy) is 1. The van der Waals surface area contributed by atoms with E-state index in [1.165, 1.54) is 6.92 Å². The Morgan fingerprint density at radius 3 is 2.21 bits per heavy atom. The fourth-order valence-electron chi connectivity index (χ4n) is 1.65. The third-order valence-electron chi connectivity index (χ3n) is 2.82. The molecule has 0 aromatic heterocycles. The predicted molar refractivity (Wildman–Crippen MR) is 71.7 cm³/mol. The Morgan fingerprint density at radius 1 is 1.26 bits per heavy atom. The molecule has 0 aliphatic carbocycles. The number of hydrogen-bond donors (Lipinski definition) is 2. The molecule has 0 aliphatic heterocycles. The van der Waals surface area contributed by atoms with Crippen LogP contribution in [0.5, 0.6) is 0 Å². The van der Waals surface area contributed by atoms with Gasteiger partial charge in [-0.3, -0.25) is 9.59 Å². The third-order valence-corrected chi connectivity index (χ3v) is 2.82. The maximum Gasteiger partial charge on any atom is 0.302 e. The molecule has 0 fully saturated rings. The van der Waals surface area contributed by atoms with Crippen molar-refractivity contribution in [2.24, 2.45) is 0 Å². The van der Waals surface area contributed by atoms with Crippen LogP contribution in [0.2, 0.25) is 0 Å². The van der Waals surface area contributed by atoms with E-state index < -0.39 is 17.0 Å². The quantitative estimate of drug-likeness (QED) is 0.541. The van der Waals surface area contributed by atoms with Crippen LogP contribution in [0, 0.1) is 0 Å². The number of nitrogens with zero attached hydrogens (tertiary/aromatic N) is 1. The maximum atomic E-state index is 12.0. The van der Waals surface area contributed by atoms with Crippen molar-refractivity contribution >= 4 is 11.9 Å². The molecule has 6 nitrogen and oxygen atoms in total. The molecule has 0 saturated heterocycles. The largest absolute Gasteiger partial charge is 0.464 e. The van der Waals surface area contributed by atoms with Crippen molar-refractivity contribution in [3.63, 3.8) is 0 Å². The fourth-order valence-corrected chi connectivity index (χ4v) is 1.65. The van der Waals surface area contributed by atoms with E-state index in [9.17, 15) is 14.8 Å². The molecule has 6 heteroatoms. The summed E-state index contributed by atoms with van der Waals surface area (Å²) in [5, 5.41) is 13.9. The first-order valence-corrected chi connectivity index (χ1v) is 6.46. The number of hydrogen-bond acceptors (Lipinski definition) is 5. The first-order chi connectivity index (χ1) is 8.55. The van der Waals surface area contributed by atoms with Crippen LogP contribution < -0.4 is 5.32 Å². The van der Waals surface area contributed by atoms with Crippen molar-refractivity contribution in [1.82, 2.24) is 10.4 Å². The van der Waals surface area contributed by atoms with Gasteiger partial charge in [0, 0.05) is 13.5 Å². The highest BCUT2D eigenvalue weighted by atomic mass is 16.5. The molecule has 0 bridgehead atoms. The number of esters is 1. The van der Waals surface area contributed by atoms with E-state index in [4.69, 9.17) is 4.74 Å². The SMILES string of the molecule is CCCNC(=O)C(C)(C)N(O)C(C)(C)COC(C)=O. The Labute approximate surface area is 115 Å². The number of carbonyl (C=O) groups excluding carboxylic acids is 2. The van der Waals surface area contributed by atoms with Crippen LogP contribution in [-0.2, 0) is 14.3 Å². The van der Waals surface area contributed by atoms with Gasteiger partial charge in [-0.2, -0.15) is 5.06 Å². The summed E-state index contributed by atoms with van der Waals surface area (Å²) >= 11 is 0. The Morgan fingerprint density at radius 2 is 1.79 bits per heavy atom. The normalized spacial score (nSPS) is 12.4. The van der Waals surface area contributed by atoms with Gasteiger partial charge < -0.3 is 15.3 Å². The smallest absolute Gasteiger partial charge is 0.302 e. The molecule has 0 radical (unpaired) electrons. The van der Waals surface area contributed by atoms with Crippen LogP contribution in [0.15, 0.2) is 0 Å². The van der Waals surface area contributed by atoms with Crippen LogP contribution >= 0.6 is 0 Å². The average Bonchev–Trinajstić information content (AvgIpc) is 2.32. The van der Waals surface area contributed by atoms with Crippen molar-refractivity contribution in [3.8, 4) is 0 Å². The first kappa shape index (κ1) is 17.9. The van der Waals surface area contributed by atoms with Gasteiger partial charge in [0.15, 0.2) is 0 Å². The summed E-state index contributed by atoms with van der Waals surface area (Å²) in [5.74, 6) is -0.692. The number of rotatable bonds is 7. The molecule has 112 valence electrons. The van der Waals surface area contributed by atoms with Crippen LogP contribution in [0.1, 0.15) is 48.0 Å². The molecule has 19 heavy (non-hydrogen) atoms. The molecule has 0 atom stereocenters. The van der Waals surface area contributed by atoms with E-state index in [1.807, 2.05) is 6.92 Å². The van der Waals surface area contributed by atoms with Gasteiger partial charge in [0.05, 0.1) is 5.54 Å². The van der Waals surface area contributed by atoms with E-state index in [1.54, 1.807) is 27.7 Å². The van der Waals surface area contributed by atoms with Gasteiger partial charge in [-0.1, -0.05) is 6.92 Å². The Kier molecular flexibility index (Phi) is 6.45. The lowest BCUT2D eigenvalue weighted by Crippen LogP contribution is -2.62. The standard InChI is InChI=1S/C13H26N2O4/c1-7-8-14-11(17)13(5,6)15(18)12(3,4)9-19-10(2)16/h18H,7-9H2,1-6H3,(H,14,17). The van der Waals surface area contributed by atoms with Crippen molar-refractivity contribution in [3.05, 3.63) is 0 Å². The molecule has 0 saturated carbocycles. The average molecular weight is 274 g/mol. The van der Waals surface area contributed by atoms with Crippen molar-refractivity contribution in [2.75, 3.05) is 13.2 Å². The lowest BCUT2D eigenvalue weighted by Gasteiger charge is -2.42. The molecular weight excluding hydrogens is 248 g/mol. The monoisotopic (exact) mass is 274 g/mol. The van der Waals surface area contributed by atoms with E-state index in [-0.39, 0.29) is 12.5 Å². The molecule has 0 aromatic carbocycles. The Hall–Kier alpha value is -1.14. The van der Waals surface area contributed by atoms with Gasteiger partial charge in [0.25, 0.3) is 0 Å². The lowest BCUT2D eigenvalue weighted by atomic mass is 9.96. The Bertz CT molecular complexity index is 327. The van der Waals surface area contributed by atoms with Gasteiger partial charge >= 0.3 is 5.97 Å². The minimum absolute atomic E-state index is 0.00329. The maximum absolute atomic E-state index is 12.0. The minimum atomic E-state index is -1.11. The molecule has 0 heterocycles. The van der Waals surface area contributed by atoms with Gasteiger partial charge in [-0.05, 0) is 34.1 Å². The molecular formula is C13H26N2O4. The fraction of sp³-hybridized carbons (Fsp3) is 0.846. The van der Waals surface area contributed by atoms with Crippen molar-refractivity contribution < 1.29 is 19.5 Å². The minimum Gasteiger partial charge on any atom is -0.464 e. The highest BCUT2D eigenvalue weighted by molar-refractivity contribution is 5.85. The van der Waals surface area contributed by atoms with Gasteiger partial charge in [0.1, 0.15) is 12.1 Å². The zero-order chi connectivity index (χ0) is 15.3. The summed E-state index contributed by atoms with van der Waals surface area (Å²) in [6.07, 6.45) is 0.824. The van der Waals surface area contributed by atoms with E-state index >= 15 is 0 Å². The summed E-state index contributed by atoms with van der Waals surface area (Å²) in [7, 11) is 0. The molecule has 0 aromatic rings. The van der Waals surface area contributed by atoms with Crippen molar-refractivity contribution in [2.45, 2.75) is 59.0 Å². The highest BCUT2D eigenvalue weighted by Crippen LogP contribution is 2.23. The summed E-state index contributed by atoms with van der Waals surface area (Å²) in [5.41, 5.74) is -1.97. The van der Waals surface area contributed by atoms with Gasteiger partial charge in [0.2, 0.25) is 5.91 Å². The molecule has 0 unspecified atom stereocenters. The molecule has 2 N–H and O–H groups in total. The number of carbonyl (C=O) groups is 2. The van der Waals surface area contributed by atoms with E-state index in [0.717, 1.165) is 11.5 Å². The third kappa shape index (κ3) is 5.16. The summed E-state index contributed by atoms with van der Waals surface area (Å²) in [6.45, 7) is 10.5. The summed E-state index contributed by atoms with van der Waals surface area (Å²) in [4.78, 5) is 22.9. The van der Waals surface area contributed by atoms with Crippen LogP contribution in [-0.4, -0.2) is 46.4 Å². The number of hydroxylamine groups is 2. The topological polar surface area (TPSA) is 78.9 Å². The molecule has 0 spiro atoms.